The van der Waals surface area contributed by atoms with Crippen molar-refractivity contribution in [1.29, 1.82) is 0 Å². The number of carbonyl (C=O) groups excluding carboxylic acids is 4. The second-order valence-corrected chi connectivity index (χ2v) is 10.9. The van der Waals surface area contributed by atoms with Crippen molar-refractivity contribution >= 4 is 46.7 Å². The fourth-order valence-corrected chi connectivity index (χ4v) is 7.07. The number of Topliss-reactive ketones (excluding diaryl/α,β-unsaturated/α-hetero) is 1. The quantitative estimate of drug-likeness (QED) is 0.301. The Kier molecular flexibility index (Phi) is 5.58. The van der Waals surface area contributed by atoms with Crippen LogP contribution in [-0.4, -0.2) is 39.6 Å². The van der Waals surface area contributed by atoms with Gasteiger partial charge in [-0.1, -0.05) is 72.6 Å². The van der Waals surface area contributed by atoms with E-state index in [1.54, 1.807) is 37.3 Å². The molecule has 0 unspecified atom stereocenters. The first kappa shape index (κ1) is 23.4. The first-order valence-electron chi connectivity index (χ1n) is 12.3. The number of hydrazine groups is 1. The summed E-state index contributed by atoms with van der Waals surface area (Å²) in [6.45, 7) is 1.76. The average molecular weight is 523 g/mol. The Morgan fingerprint density at radius 3 is 2.14 bits per heavy atom. The molecule has 36 heavy (non-hydrogen) atoms. The van der Waals surface area contributed by atoms with Crippen LogP contribution >= 0.6 is 23.2 Å². The summed E-state index contributed by atoms with van der Waals surface area (Å²) in [4.78, 5) is 55.5. The maximum atomic E-state index is 14.0. The van der Waals surface area contributed by atoms with E-state index in [0.717, 1.165) is 16.4 Å². The van der Waals surface area contributed by atoms with Gasteiger partial charge in [-0.05, 0) is 54.7 Å². The van der Waals surface area contributed by atoms with Gasteiger partial charge in [-0.3, -0.25) is 19.2 Å². The lowest BCUT2D eigenvalue weighted by Gasteiger charge is -2.37. The molecule has 3 fully saturated rings. The zero-order valence-corrected chi connectivity index (χ0v) is 21.0. The second-order valence-electron chi connectivity index (χ2n) is 10.1. The average Bonchev–Trinajstić information content (AvgIpc) is 3.66. The molecule has 2 bridgehead atoms. The molecular weight excluding hydrogens is 499 g/mol. The van der Waals surface area contributed by atoms with Gasteiger partial charge < -0.3 is 0 Å². The van der Waals surface area contributed by atoms with Crippen LogP contribution in [0.15, 0.2) is 60.7 Å². The van der Waals surface area contributed by atoms with Crippen molar-refractivity contribution in [2.45, 2.75) is 25.8 Å². The summed E-state index contributed by atoms with van der Waals surface area (Å²) in [5, 5.41) is 2.46. The topological polar surface area (TPSA) is 74.8 Å². The molecule has 0 aromatic heterocycles. The molecule has 0 spiro atoms. The van der Waals surface area contributed by atoms with Crippen molar-refractivity contribution < 1.29 is 19.2 Å². The maximum Gasteiger partial charge on any atom is 0.275 e. The van der Waals surface area contributed by atoms with Gasteiger partial charge in [0.05, 0.1) is 22.4 Å². The van der Waals surface area contributed by atoms with Crippen LogP contribution in [0.2, 0.25) is 10.0 Å². The summed E-state index contributed by atoms with van der Waals surface area (Å²) in [5.41, 5.74) is 0.462. The SMILES string of the molecule is CC[C@H](C(=O)c1ccccc1)N(C(=O)c1ccc(Cl)cc1Cl)N1C(=O)[C@@H]2[C@H]3C=C[C@@H]([C@@H]4C[C@@H]34)[C@@H]2C1=O. The number of amides is 3. The zero-order chi connectivity index (χ0) is 25.3. The molecule has 3 amide bonds. The van der Waals surface area contributed by atoms with E-state index in [1.807, 2.05) is 0 Å². The number of allylic oxidation sites excluding steroid dienone is 2. The Hall–Kier alpha value is -2.96. The molecular formula is C28H24Cl2N2O4. The lowest BCUT2D eigenvalue weighted by molar-refractivity contribution is -0.157. The third kappa shape index (κ3) is 3.38. The van der Waals surface area contributed by atoms with Crippen molar-refractivity contribution in [2.75, 3.05) is 0 Å². The summed E-state index contributed by atoms with van der Waals surface area (Å²) in [6.07, 6.45) is 5.38. The van der Waals surface area contributed by atoms with Crippen molar-refractivity contribution in [1.82, 2.24) is 10.0 Å². The predicted octanol–water partition coefficient (Wildman–Crippen LogP) is 5.07. The number of rotatable bonds is 6. The van der Waals surface area contributed by atoms with E-state index in [-0.39, 0.29) is 34.6 Å². The molecule has 5 aliphatic rings. The molecule has 2 aromatic rings. The zero-order valence-electron chi connectivity index (χ0n) is 19.5. The van der Waals surface area contributed by atoms with Crippen LogP contribution in [0.25, 0.3) is 0 Å². The Labute approximate surface area is 218 Å². The van der Waals surface area contributed by atoms with Crippen LogP contribution in [0.1, 0.15) is 40.5 Å². The van der Waals surface area contributed by atoms with E-state index in [0.29, 0.717) is 22.4 Å². The number of imide groups is 1. The number of benzene rings is 2. The van der Waals surface area contributed by atoms with E-state index in [1.165, 1.54) is 18.2 Å². The van der Waals surface area contributed by atoms with Gasteiger partial charge in [0.2, 0.25) is 0 Å². The number of hydrogen-bond donors (Lipinski definition) is 0. The second kappa shape index (κ2) is 8.56. The fraction of sp³-hybridized carbons (Fsp3) is 0.357. The third-order valence-electron chi connectivity index (χ3n) is 8.27. The van der Waals surface area contributed by atoms with Gasteiger partial charge in [-0.2, -0.15) is 5.01 Å². The Morgan fingerprint density at radius 1 is 0.972 bits per heavy atom. The molecule has 1 saturated heterocycles. The number of carbonyl (C=O) groups is 4. The van der Waals surface area contributed by atoms with Crippen molar-refractivity contribution in [3.63, 3.8) is 0 Å². The van der Waals surface area contributed by atoms with E-state index in [2.05, 4.69) is 12.2 Å². The van der Waals surface area contributed by atoms with Gasteiger partial charge in [0.15, 0.2) is 5.78 Å². The molecule has 1 aliphatic heterocycles. The molecule has 6 nitrogen and oxygen atoms in total. The van der Waals surface area contributed by atoms with Crippen LogP contribution in [0.4, 0.5) is 0 Å². The standard InChI is InChI=1S/C28H24Cl2N2O4/c1-2-22(25(33)14-6-4-3-5-7-14)31(26(34)18-9-8-15(29)12-21(18)30)32-27(35)23-16-10-11-17(20-13-19(16)20)24(23)28(32)36/h3-12,16-17,19-20,22-24H,2,13H2,1H3/t16-,17-,19-,20-,22+,23-,24+/m0/s1. The van der Waals surface area contributed by atoms with Crippen LogP contribution in [-0.2, 0) is 9.59 Å². The maximum absolute atomic E-state index is 14.0. The monoisotopic (exact) mass is 522 g/mol. The molecule has 8 heteroatoms. The fourth-order valence-electron chi connectivity index (χ4n) is 6.58. The minimum absolute atomic E-state index is 0.00702. The van der Waals surface area contributed by atoms with Crippen LogP contribution in [0, 0.1) is 35.5 Å². The highest BCUT2D eigenvalue weighted by molar-refractivity contribution is 6.36. The van der Waals surface area contributed by atoms with Crippen molar-refractivity contribution in [2.24, 2.45) is 35.5 Å². The molecule has 7 rings (SSSR count). The highest BCUT2D eigenvalue weighted by atomic mass is 35.5. The predicted molar refractivity (Wildman–Crippen MR) is 134 cm³/mol. The molecule has 7 atom stereocenters. The van der Waals surface area contributed by atoms with E-state index < -0.39 is 35.6 Å². The molecule has 4 aliphatic carbocycles. The highest BCUT2D eigenvalue weighted by Crippen LogP contribution is 2.65. The summed E-state index contributed by atoms with van der Waals surface area (Å²) in [6, 6.07) is 11.9. The molecule has 0 radical (unpaired) electrons. The van der Waals surface area contributed by atoms with E-state index >= 15 is 0 Å². The van der Waals surface area contributed by atoms with Gasteiger partial charge in [-0.25, -0.2) is 5.01 Å². The smallest absolute Gasteiger partial charge is 0.275 e. The molecule has 1 heterocycles. The lowest BCUT2D eigenvalue weighted by Crippen LogP contribution is -2.57. The number of hydrogen-bond acceptors (Lipinski definition) is 4. The van der Waals surface area contributed by atoms with Crippen molar-refractivity contribution in [3.05, 3.63) is 81.9 Å². The van der Waals surface area contributed by atoms with Crippen LogP contribution in [0.5, 0.6) is 0 Å². The van der Waals surface area contributed by atoms with Gasteiger partial charge in [-0.15, -0.1) is 0 Å². The normalized spacial score (nSPS) is 30.1. The minimum Gasteiger partial charge on any atom is -0.292 e. The van der Waals surface area contributed by atoms with Gasteiger partial charge >= 0.3 is 0 Å². The highest BCUT2D eigenvalue weighted by Gasteiger charge is 2.68. The summed E-state index contributed by atoms with van der Waals surface area (Å²) in [7, 11) is 0. The molecule has 2 saturated carbocycles. The number of halogens is 2. The summed E-state index contributed by atoms with van der Waals surface area (Å²) < 4.78 is 0. The van der Waals surface area contributed by atoms with Gasteiger partial charge in [0.1, 0.15) is 6.04 Å². The first-order valence-corrected chi connectivity index (χ1v) is 13.0. The third-order valence-corrected chi connectivity index (χ3v) is 8.82. The Balaban J connectivity index is 1.45. The molecule has 0 N–H and O–H groups in total. The summed E-state index contributed by atoms with van der Waals surface area (Å²) in [5.74, 6) is -2.04. The van der Waals surface area contributed by atoms with Crippen molar-refractivity contribution in [3.8, 4) is 0 Å². The number of ketones is 1. The Bertz CT molecular complexity index is 1290. The van der Waals surface area contributed by atoms with E-state index in [4.69, 9.17) is 23.2 Å². The largest absolute Gasteiger partial charge is 0.292 e. The molecule has 2 aromatic carbocycles. The lowest BCUT2D eigenvalue weighted by atomic mass is 9.63. The Morgan fingerprint density at radius 2 is 1.58 bits per heavy atom. The molecule has 184 valence electrons. The van der Waals surface area contributed by atoms with E-state index in [9.17, 15) is 19.2 Å². The van der Waals surface area contributed by atoms with Crippen LogP contribution in [0.3, 0.4) is 0 Å². The van der Waals surface area contributed by atoms with Crippen LogP contribution < -0.4 is 0 Å². The number of nitrogens with zero attached hydrogens (tertiary/aromatic N) is 2. The van der Waals surface area contributed by atoms with Gasteiger partial charge in [0.25, 0.3) is 17.7 Å². The minimum atomic E-state index is -1.07. The first-order chi connectivity index (χ1) is 17.3. The summed E-state index contributed by atoms with van der Waals surface area (Å²) >= 11 is 12.4. The van der Waals surface area contributed by atoms with Gasteiger partial charge in [0, 0.05) is 10.6 Å².